The number of aromatic nitrogens is 1. The van der Waals surface area contributed by atoms with Crippen molar-refractivity contribution in [3.05, 3.63) is 107 Å². The molecule has 6 rings (SSSR count). The highest BCUT2D eigenvalue weighted by Crippen LogP contribution is 2.50. The van der Waals surface area contributed by atoms with Crippen molar-refractivity contribution in [3.63, 3.8) is 0 Å². The van der Waals surface area contributed by atoms with Crippen LogP contribution in [-0.2, 0) is 25.0 Å². The highest BCUT2D eigenvalue weighted by Gasteiger charge is 2.46. The van der Waals surface area contributed by atoms with Crippen LogP contribution in [0.4, 0.5) is 0 Å². The Hall–Kier alpha value is -3.41. The molecule has 5 heteroatoms. The third kappa shape index (κ3) is 3.36. The number of rotatable bonds is 6. The Morgan fingerprint density at radius 1 is 1.00 bits per heavy atom. The minimum atomic E-state index is -1.37. The second-order valence-electron chi connectivity index (χ2n) is 9.11. The number of oxazole rings is 1. The van der Waals surface area contributed by atoms with Crippen molar-refractivity contribution in [1.82, 2.24) is 4.98 Å². The summed E-state index contributed by atoms with van der Waals surface area (Å²) in [5.41, 5.74) is 4.98. The van der Waals surface area contributed by atoms with Crippen molar-refractivity contribution in [2.75, 3.05) is 20.2 Å². The van der Waals surface area contributed by atoms with Crippen LogP contribution in [0.2, 0.25) is 0 Å². The summed E-state index contributed by atoms with van der Waals surface area (Å²) in [4.78, 5) is 5.86. The van der Waals surface area contributed by atoms with E-state index in [2.05, 4.69) is 30.2 Å². The number of ether oxygens (including phenoxy) is 1. The van der Waals surface area contributed by atoms with Gasteiger partial charge in [-0.3, -0.25) is 0 Å². The molecule has 2 aliphatic rings. The van der Waals surface area contributed by atoms with Crippen LogP contribution in [0.25, 0.3) is 11.1 Å². The van der Waals surface area contributed by atoms with E-state index in [-0.39, 0.29) is 0 Å². The lowest BCUT2D eigenvalue weighted by Gasteiger charge is -2.22. The van der Waals surface area contributed by atoms with E-state index in [0.717, 1.165) is 59.8 Å². The molecule has 0 saturated carbocycles. The maximum atomic E-state index is 11.9. The standard InChI is InChI=1S/C28H26N2O3/c1-30(14-12-19-10-11-26-20(16-19)13-15-32-26)18-21-17-29-27(33-21)28(31)24-8-4-2-6-22(24)23-7-3-5-9-25(23)28/h2-11,16-17,31H,12-15,18H2,1H3/p+1. The molecule has 5 nitrogen and oxygen atoms in total. The van der Waals surface area contributed by atoms with E-state index in [9.17, 15) is 5.11 Å². The van der Waals surface area contributed by atoms with Crippen molar-refractivity contribution >= 4 is 0 Å². The molecule has 0 amide bonds. The van der Waals surface area contributed by atoms with Gasteiger partial charge in [0.05, 0.1) is 26.4 Å². The molecule has 166 valence electrons. The molecular formula is C28H27N2O3+. The first-order valence-corrected chi connectivity index (χ1v) is 11.6. The maximum Gasteiger partial charge on any atom is 0.236 e. The van der Waals surface area contributed by atoms with Crippen molar-refractivity contribution in [1.29, 1.82) is 0 Å². The molecule has 0 bridgehead atoms. The second kappa shape index (κ2) is 7.87. The third-order valence-electron chi connectivity index (χ3n) is 6.86. The lowest BCUT2D eigenvalue weighted by Crippen LogP contribution is -3.07. The van der Waals surface area contributed by atoms with Gasteiger partial charge in [0.1, 0.15) is 12.3 Å². The van der Waals surface area contributed by atoms with Crippen LogP contribution in [0.5, 0.6) is 5.75 Å². The topological polar surface area (TPSA) is 59.9 Å². The van der Waals surface area contributed by atoms with E-state index >= 15 is 0 Å². The Morgan fingerprint density at radius 3 is 2.48 bits per heavy atom. The Bertz CT molecular complexity index is 1280. The number of hydrogen-bond acceptors (Lipinski definition) is 4. The Balaban J connectivity index is 1.20. The van der Waals surface area contributed by atoms with Gasteiger partial charge >= 0.3 is 0 Å². The number of aliphatic hydroxyl groups is 1. The van der Waals surface area contributed by atoms with Gasteiger partial charge in [0.15, 0.2) is 11.4 Å². The van der Waals surface area contributed by atoms with E-state index < -0.39 is 5.60 Å². The number of hydrogen-bond donors (Lipinski definition) is 2. The van der Waals surface area contributed by atoms with Crippen LogP contribution in [-0.4, -0.2) is 30.3 Å². The zero-order valence-electron chi connectivity index (χ0n) is 18.7. The zero-order chi connectivity index (χ0) is 22.4. The maximum absolute atomic E-state index is 11.9. The minimum Gasteiger partial charge on any atom is -0.493 e. The predicted octanol–water partition coefficient (Wildman–Crippen LogP) is 3.13. The van der Waals surface area contributed by atoms with Gasteiger partial charge in [0, 0.05) is 24.0 Å². The van der Waals surface area contributed by atoms with Gasteiger partial charge in [-0.2, -0.15) is 0 Å². The summed E-state index contributed by atoms with van der Waals surface area (Å²) < 4.78 is 11.8. The molecule has 2 N–H and O–H groups in total. The van der Waals surface area contributed by atoms with Crippen molar-refractivity contribution in [2.45, 2.75) is 25.0 Å². The first-order valence-electron chi connectivity index (χ1n) is 11.6. The highest BCUT2D eigenvalue weighted by atomic mass is 16.5. The lowest BCUT2D eigenvalue weighted by atomic mass is 9.91. The molecule has 0 radical (unpaired) electrons. The summed E-state index contributed by atoms with van der Waals surface area (Å²) in [6.45, 7) is 2.48. The quantitative estimate of drug-likeness (QED) is 0.485. The Labute approximate surface area is 193 Å². The summed E-state index contributed by atoms with van der Waals surface area (Å²) in [5.74, 6) is 2.14. The summed E-state index contributed by atoms with van der Waals surface area (Å²) >= 11 is 0. The average molecular weight is 440 g/mol. The molecule has 0 fully saturated rings. The van der Waals surface area contributed by atoms with Crippen LogP contribution in [0.1, 0.15) is 33.9 Å². The molecule has 0 spiro atoms. The normalized spacial score (nSPS) is 16.1. The van der Waals surface area contributed by atoms with Gasteiger partial charge in [-0.1, -0.05) is 60.7 Å². The Morgan fingerprint density at radius 2 is 1.73 bits per heavy atom. The summed E-state index contributed by atoms with van der Waals surface area (Å²) in [6, 6.07) is 22.4. The van der Waals surface area contributed by atoms with Crippen LogP contribution in [0.3, 0.4) is 0 Å². The first kappa shape index (κ1) is 20.2. The fourth-order valence-corrected chi connectivity index (χ4v) is 5.14. The summed E-state index contributed by atoms with van der Waals surface area (Å²) in [6.07, 6.45) is 3.75. The van der Waals surface area contributed by atoms with Crippen molar-refractivity contribution in [3.8, 4) is 16.9 Å². The fraction of sp³-hybridized carbons (Fsp3) is 0.250. The molecule has 3 aromatic carbocycles. The van der Waals surface area contributed by atoms with Crippen LogP contribution < -0.4 is 9.64 Å². The lowest BCUT2D eigenvalue weighted by molar-refractivity contribution is -0.894. The van der Waals surface area contributed by atoms with Crippen LogP contribution in [0.15, 0.2) is 77.3 Å². The van der Waals surface area contributed by atoms with Crippen LogP contribution in [0, 0.1) is 0 Å². The molecule has 1 aliphatic carbocycles. The number of quaternary nitrogens is 1. The van der Waals surface area contributed by atoms with E-state index in [1.54, 1.807) is 6.20 Å². The van der Waals surface area contributed by atoms with Gasteiger partial charge in [0.25, 0.3) is 0 Å². The molecule has 1 atom stereocenters. The van der Waals surface area contributed by atoms with Crippen molar-refractivity contribution in [2.24, 2.45) is 0 Å². The minimum absolute atomic E-state index is 0.335. The van der Waals surface area contributed by atoms with E-state index in [1.807, 2.05) is 48.5 Å². The molecular weight excluding hydrogens is 412 g/mol. The summed E-state index contributed by atoms with van der Waals surface area (Å²) in [5, 5.41) is 11.9. The Kier molecular flexibility index (Phi) is 4.82. The van der Waals surface area contributed by atoms with Gasteiger partial charge in [0.2, 0.25) is 5.89 Å². The highest BCUT2D eigenvalue weighted by molar-refractivity contribution is 5.81. The molecule has 1 aliphatic heterocycles. The van der Waals surface area contributed by atoms with Gasteiger partial charge < -0.3 is 19.2 Å². The smallest absolute Gasteiger partial charge is 0.236 e. The first-order chi connectivity index (χ1) is 16.1. The molecule has 0 saturated heterocycles. The molecule has 1 unspecified atom stereocenters. The van der Waals surface area contributed by atoms with Gasteiger partial charge in [-0.25, -0.2) is 4.98 Å². The summed E-state index contributed by atoms with van der Waals surface area (Å²) in [7, 11) is 2.16. The number of nitrogens with one attached hydrogen (secondary N) is 1. The molecule has 1 aromatic heterocycles. The third-order valence-corrected chi connectivity index (χ3v) is 6.86. The van der Waals surface area contributed by atoms with E-state index in [1.165, 1.54) is 16.0 Å². The average Bonchev–Trinajstić information content (AvgIpc) is 3.56. The van der Waals surface area contributed by atoms with E-state index in [4.69, 9.17) is 9.15 Å². The van der Waals surface area contributed by atoms with Crippen molar-refractivity contribution < 1.29 is 19.2 Å². The monoisotopic (exact) mass is 439 g/mol. The largest absolute Gasteiger partial charge is 0.493 e. The van der Waals surface area contributed by atoms with E-state index in [0.29, 0.717) is 12.4 Å². The SMILES string of the molecule is C[NH+](CCc1ccc2c(c1)CCO2)Cc1cnc(C2(O)c3ccccc3-c3ccccc32)o1. The number of nitrogens with zero attached hydrogens (tertiary/aromatic N) is 1. The van der Waals surface area contributed by atoms with Crippen LogP contribution >= 0.6 is 0 Å². The zero-order valence-corrected chi connectivity index (χ0v) is 18.7. The van der Waals surface area contributed by atoms with Gasteiger partial charge in [-0.15, -0.1) is 0 Å². The predicted molar refractivity (Wildman–Crippen MR) is 125 cm³/mol. The van der Waals surface area contributed by atoms with Gasteiger partial charge in [-0.05, 0) is 28.3 Å². The molecule has 33 heavy (non-hydrogen) atoms. The number of fused-ring (bicyclic) bond motifs is 4. The second-order valence-corrected chi connectivity index (χ2v) is 9.11. The number of benzene rings is 3. The molecule has 4 aromatic rings. The number of likely N-dealkylation sites (N-methyl/N-ethyl adjacent to an activating group) is 1. The molecule has 2 heterocycles. The fourth-order valence-electron chi connectivity index (χ4n) is 5.14.